The van der Waals surface area contributed by atoms with Crippen molar-refractivity contribution >= 4 is 85.5 Å². The fourth-order valence-corrected chi connectivity index (χ4v) is 20.8. The first-order valence-corrected chi connectivity index (χ1v) is 37.7. The number of hydrogen-bond acceptors (Lipinski definition) is 4. The normalized spacial score (nSPS) is 21.2. The van der Waals surface area contributed by atoms with E-state index in [1.807, 2.05) is 0 Å². The third-order valence-electron chi connectivity index (χ3n) is 27.7. The number of nitrogens with zero attached hydrogens (tertiary/aromatic N) is 3. The van der Waals surface area contributed by atoms with E-state index in [1.54, 1.807) is 0 Å². The summed E-state index contributed by atoms with van der Waals surface area (Å²) in [7, 11) is 0. The van der Waals surface area contributed by atoms with Gasteiger partial charge in [-0.25, -0.2) is 0 Å². The molecular weight excluding hydrogens is 1200 g/mol. The first-order valence-electron chi connectivity index (χ1n) is 37.7. The Labute approximate surface area is 591 Å². The Hall–Kier alpha value is -8.02. The van der Waals surface area contributed by atoms with E-state index in [2.05, 4.69) is 311 Å². The van der Waals surface area contributed by atoms with Gasteiger partial charge in [-0.05, 0) is 273 Å². The van der Waals surface area contributed by atoms with Crippen LogP contribution in [0.2, 0.25) is 0 Å². The highest BCUT2D eigenvalue weighted by atomic mass is 16.3. The van der Waals surface area contributed by atoms with Crippen molar-refractivity contribution in [2.75, 3.05) is 14.7 Å². The molecule has 18 rings (SSSR count). The second kappa shape index (κ2) is 20.0. The molecule has 8 aliphatic rings. The van der Waals surface area contributed by atoms with E-state index < -0.39 is 0 Å². The predicted octanol–water partition coefficient (Wildman–Crippen LogP) is 24.0. The molecular formula is C94H102BN3O. The smallest absolute Gasteiger partial charge is 0.297 e. The Bertz CT molecular complexity index is 5090. The standard InChI is InChI=1S/C94H102BN3O/c1-85(2)37-39-87(5,6)71-47-57(31-35-67(71)85)97-78-53-75-74(90(11,12)42-43-91(75,13)14)52-77(78)95-82-79(97)49-59(96(55-29-33-62-60-25-21-23-27-65(60)93(17,18)69(62)45-55)56-30-34-63-61-26-22-24-28-66(61)94(19,20)70(63)46-56)50-80(82)98(58-32-36-68-72(48-58)88(7,8)40-38-86(68,3)4)83-64-51-73-76(54-81(64)99-84(83)95)92(15,16)44-41-89(73,9)10/h21-36,45-54H,37-44H2,1-20H3. The number of anilines is 9. The van der Waals surface area contributed by atoms with E-state index >= 15 is 0 Å². The van der Waals surface area contributed by atoms with Crippen LogP contribution in [0, 0.1) is 0 Å². The summed E-state index contributed by atoms with van der Waals surface area (Å²) >= 11 is 0. The van der Waals surface area contributed by atoms with Crippen LogP contribution in [-0.4, -0.2) is 6.71 Å². The van der Waals surface area contributed by atoms with Gasteiger partial charge >= 0.3 is 0 Å². The minimum absolute atomic E-state index is 0.0173. The molecule has 2 aliphatic heterocycles. The van der Waals surface area contributed by atoms with Gasteiger partial charge in [0, 0.05) is 56.0 Å². The number of fused-ring (bicyclic) bond motifs is 16. The van der Waals surface area contributed by atoms with Gasteiger partial charge in [0.15, 0.2) is 0 Å². The molecule has 99 heavy (non-hydrogen) atoms. The van der Waals surface area contributed by atoms with Crippen LogP contribution in [0.15, 0.2) is 162 Å². The Morgan fingerprint density at radius 3 is 1.17 bits per heavy atom. The van der Waals surface area contributed by atoms with E-state index in [-0.39, 0.29) is 60.9 Å². The molecule has 6 aliphatic carbocycles. The topological polar surface area (TPSA) is 22.9 Å². The molecule has 3 heterocycles. The second-order valence-electron chi connectivity index (χ2n) is 38.3. The molecule has 0 bridgehead atoms. The highest BCUT2D eigenvalue weighted by Gasteiger charge is 2.52. The Morgan fingerprint density at radius 2 is 0.697 bits per heavy atom. The second-order valence-corrected chi connectivity index (χ2v) is 38.3. The maximum Gasteiger partial charge on any atom is 0.297 e. The lowest BCUT2D eigenvalue weighted by Gasteiger charge is -2.47. The average molecular weight is 1300 g/mol. The first kappa shape index (κ1) is 63.2. The van der Waals surface area contributed by atoms with Crippen LogP contribution in [0.25, 0.3) is 33.2 Å². The number of furan rings is 1. The van der Waals surface area contributed by atoms with Crippen molar-refractivity contribution in [3.05, 3.63) is 224 Å². The molecule has 5 heteroatoms. The van der Waals surface area contributed by atoms with E-state index in [9.17, 15) is 0 Å². The molecule has 0 radical (unpaired) electrons. The largest absolute Gasteiger partial charge is 0.468 e. The van der Waals surface area contributed by atoms with Crippen LogP contribution in [0.3, 0.4) is 0 Å². The zero-order valence-electron chi connectivity index (χ0n) is 63.0. The fraction of sp³-hybridized carbons (Fsp3) is 0.404. The summed E-state index contributed by atoms with van der Waals surface area (Å²) in [6.07, 6.45) is 9.07. The lowest BCUT2D eigenvalue weighted by Crippen LogP contribution is -2.61. The SMILES string of the molecule is CC1(C)CCC(C)(C)c2cc(N3c4cc5c(cc4B4c6oc7cc8c(cc7c6N(c6ccc7c(c6)C(C)(C)CCC7(C)C)c6cc(N(c7ccc9c(c7)C(C)(C)c7ccccc7-9)c7ccc9c(c7)C(C)(C)c7ccccc7-9)cc3c64)C(C)(C)CCC8(C)C)C(C)(C)CCC5(C)C)ccc21. The maximum atomic E-state index is 8.09. The van der Waals surface area contributed by atoms with Crippen LogP contribution in [-0.2, 0) is 54.1 Å². The minimum Gasteiger partial charge on any atom is -0.468 e. The lowest BCUT2D eigenvalue weighted by molar-refractivity contribution is 0.332. The average Bonchev–Trinajstić information content (AvgIpc) is 1.67. The third-order valence-corrected chi connectivity index (χ3v) is 27.7. The molecule has 0 atom stereocenters. The van der Waals surface area contributed by atoms with Crippen LogP contribution < -0.4 is 31.3 Å². The van der Waals surface area contributed by atoms with Gasteiger partial charge in [-0.3, -0.25) is 0 Å². The summed E-state index contributed by atoms with van der Waals surface area (Å²) in [4.78, 5) is 8.17. The molecule has 0 fully saturated rings. The van der Waals surface area contributed by atoms with E-state index in [1.165, 1.54) is 139 Å². The van der Waals surface area contributed by atoms with Crippen molar-refractivity contribution < 1.29 is 4.42 Å². The van der Waals surface area contributed by atoms with E-state index in [0.717, 1.165) is 79.7 Å². The van der Waals surface area contributed by atoms with E-state index in [0.29, 0.717) is 0 Å². The molecule has 0 saturated heterocycles. The summed E-state index contributed by atoms with van der Waals surface area (Å²) in [5.41, 5.74) is 37.1. The summed E-state index contributed by atoms with van der Waals surface area (Å²) in [5, 5.41) is 1.20. The monoisotopic (exact) mass is 1300 g/mol. The highest BCUT2D eigenvalue weighted by Crippen LogP contribution is 2.60. The van der Waals surface area contributed by atoms with Crippen LogP contribution in [0.4, 0.5) is 51.2 Å². The van der Waals surface area contributed by atoms with Crippen LogP contribution in [0.5, 0.6) is 0 Å². The number of benzene rings is 9. The Kier molecular flexibility index (Phi) is 12.7. The minimum atomic E-state index is -0.244. The molecule has 1 aromatic heterocycles. The first-order chi connectivity index (χ1) is 46.5. The van der Waals surface area contributed by atoms with Crippen LogP contribution in [0.1, 0.15) is 257 Å². The molecule has 0 unspecified atom stereocenters. The van der Waals surface area contributed by atoms with Gasteiger partial charge in [0.05, 0.1) is 17.0 Å². The summed E-state index contributed by atoms with van der Waals surface area (Å²) in [6.45, 7) is 49.4. The fourth-order valence-electron chi connectivity index (χ4n) is 20.8. The highest BCUT2D eigenvalue weighted by molar-refractivity contribution is 7.00. The number of rotatable bonds is 5. The molecule has 9 aromatic carbocycles. The molecule has 0 spiro atoms. The van der Waals surface area contributed by atoms with Crippen molar-refractivity contribution in [2.45, 2.75) is 244 Å². The lowest BCUT2D eigenvalue weighted by atomic mass is 9.35. The van der Waals surface area contributed by atoms with Crippen molar-refractivity contribution in [1.29, 1.82) is 0 Å². The number of hydrogen-bond donors (Lipinski definition) is 0. The zero-order valence-corrected chi connectivity index (χ0v) is 63.0. The van der Waals surface area contributed by atoms with Crippen molar-refractivity contribution in [3.63, 3.8) is 0 Å². The molecule has 10 aromatic rings. The zero-order chi connectivity index (χ0) is 69.4. The van der Waals surface area contributed by atoms with Crippen molar-refractivity contribution in [3.8, 4) is 22.3 Å². The van der Waals surface area contributed by atoms with Crippen LogP contribution >= 0.6 is 0 Å². The van der Waals surface area contributed by atoms with Crippen molar-refractivity contribution in [2.24, 2.45) is 0 Å². The van der Waals surface area contributed by atoms with Gasteiger partial charge in [-0.1, -0.05) is 217 Å². The Morgan fingerprint density at radius 1 is 0.313 bits per heavy atom. The molecule has 4 nitrogen and oxygen atoms in total. The summed E-state index contributed by atoms with van der Waals surface area (Å²) < 4.78 is 8.09. The summed E-state index contributed by atoms with van der Waals surface area (Å²) in [6, 6.07) is 64.3. The molecule has 502 valence electrons. The van der Waals surface area contributed by atoms with Gasteiger partial charge in [0.25, 0.3) is 6.71 Å². The maximum absolute atomic E-state index is 8.09. The van der Waals surface area contributed by atoms with Gasteiger partial charge < -0.3 is 19.1 Å². The van der Waals surface area contributed by atoms with Gasteiger partial charge in [0.1, 0.15) is 5.58 Å². The molecule has 0 saturated carbocycles. The van der Waals surface area contributed by atoms with Gasteiger partial charge in [-0.15, -0.1) is 0 Å². The molecule has 0 amide bonds. The van der Waals surface area contributed by atoms with Crippen molar-refractivity contribution in [1.82, 2.24) is 0 Å². The Balaban J connectivity index is 1.01. The quantitative estimate of drug-likeness (QED) is 0.160. The predicted molar refractivity (Wildman–Crippen MR) is 421 cm³/mol. The third kappa shape index (κ3) is 8.76. The summed E-state index contributed by atoms with van der Waals surface area (Å²) in [5.74, 6) is 0. The van der Waals surface area contributed by atoms with Gasteiger partial charge in [0.2, 0.25) is 0 Å². The van der Waals surface area contributed by atoms with E-state index in [4.69, 9.17) is 4.42 Å². The van der Waals surface area contributed by atoms with Gasteiger partial charge in [-0.2, -0.15) is 0 Å². The molecule has 0 N–H and O–H groups in total.